The van der Waals surface area contributed by atoms with E-state index in [1.54, 1.807) is 6.21 Å². The second-order valence-electron chi connectivity index (χ2n) is 7.36. The van der Waals surface area contributed by atoms with Gasteiger partial charge in [-0.2, -0.15) is 10.1 Å². The Morgan fingerprint density at radius 1 is 1.07 bits per heavy atom. The van der Waals surface area contributed by atoms with Crippen molar-refractivity contribution in [1.29, 1.82) is 0 Å². The lowest BCUT2D eigenvalue weighted by Crippen LogP contribution is -2.28. The third-order valence-electron chi connectivity index (χ3n) is 5.98. The van der Waals surface area contributed by atoms with Gasteiger partial charge in [0.1, 0.15) is 5.75 Å². The van der Waals surface area contributed by atoms with Crippen LogP contribution in [0.15, 0.2) is 53.7 Å². The van der Waals surface area contributed by atoms with Crippen LogP contribution in [0.3, 0.4) is 0 Å². The first-order valence-electron chi connectivity index (χ1n) is 9.43. The van der Waals surface area contributed by atoms with E-state index in [0.717, 1.165) is 27.8 Å². The molecule has 2 fully saturated rings. The molecule has 0 radical (unpaired) electrons. The van der Waals surface area contributed by atoms with Gasteiger partial charge >= 0.3 is 0 Å². The average molecular weight is 360 g/mol. The third-order valence-corrected chi connectivity index (χ3v) is 5.98. The minimum atomic E-state index is -0.233. The molecule has 0 unspecified atom stereocenters. The number of hydrazone groups is 1. The van der Waals surface area contributed by atoms with Crippen LogP contribution in [0.1, 0.15) is 18.9 Å². The summed E-state index contributed by atoms with van der Waals surface area (Å²) in [4.78, 5) is 25.6. The molecule has 1 heterocycles. The summed E-state index contributed by atoms with van der Waals surface area (Å²) in [5.74, 6) is 0.266. The number of amides is 2. The molecule has 0 spiro atoms. The zero-order valence-electron chi connectivity index (χ0n) is 15.0. The summed E-state index contributed by atoms with van der Waals surface area (Å²) in [5.41, 5.74) is 0.786. The molecule has 0 N–H and O–H groups in total. The molecule has 2 bridgehead atoms. The van der Waals surface area contributed by atoms with Gasteiger partial charge in [0, 0.05) is 5.56 Å². The van der Waals surface area contributed by atoms with Crippen molar-refractivity contribution < 1.29 is 14.3 Å². The van der Waals surface area contributed by atoms with Gasteiger partial charge in [0.15, 0.2) is 0 Å². The summed E-state index contributed by atoms with van der Waals surface area (Å²) < 4.78 is 5.74. The molecule has 1 saturated carbocycles. The zero-order chi connectivity index (χ0) is 18.5. The van der Waals surface area contributed by atoms with E-state index in [1.165, 1.54) is 0 Å². The van der Waals surface area contributed by atoms with Crippen LogP contribution in [0.25, 0.3) is 10.8 Å². The van der Waals surface area contributed by atoms with E-state index in [4.69, 9.17) is 4.74 Å². The second kappa shape index (κ2) is 6.05. The molecule has 1 aliphatic heterocycles. The fourth-order valence-corrected chi connectivity index (χ4v) is 4.81. The largest absolute Gasteiger partial charge is 0.493 e. The smallest absolute Gasteiger partial charge is 0.254 e. The Kier molecular flexibility index (Phi) is 3.64. The number of carbonyl (C=O) groups is 2. The molecule has 2 aliphatic carbocycles. The van der Waals surface area contributed by atoms with Gasteiger partial charge in [0.2, 0.25) is 0 Å². The van der Waals surface area contributed by atoms with E-state index in [1.807, 2.05) is 43.3 Å². The Morgan fingerprint density at radius 3 is 2.48 bits per heavy atom. The van der Waals surface area contributed by atoms with E-state index in [9.17, 15) is 9.59 Å². The van der Waals surface area contributed by atoms with Crippen LogP contribution in [0, 0.1) is 23.7 Å². The van der Waals surface area contributed by atoms with Crippen LogP contribution in [0.5, 0.6) is 5.75 Å². The van der Waals surface area contributed by atoms with Crippen molar-refractivity contribution in [3.8, 4) is 5.75 Å². The highest BCUT2D eigenvalue weighted by Crippen LogP contribution is 2.52. The van der Waals surface area contributed by atoms with Gasteiger partial charge in [0.05, 0.1) is 24.7 Å². The van der Waals surface area contributed by atoms with Crippen LogP contribution >= 0.6 is 0 Å². The first kappa shape index (κ1) is 16.2. The summed E-state index contributed by atoms with van der Waals surface area (Å²) in [5, 5.41) is 7.45. The van der Waals surface area contributed by atoms with Crippen molar-refractivity contribution in [2.75, 3.05) is 6.61 Å². The SMILES string of the molecule is CCOc1ccc2ccccc2c1/C=N\N1C(=O)[C@H]2[C@H](C1=O)[C@H]1C=C[C@H]2C1. The summed E-state index contributed by atoms with van der Waals surface area (Å²) >= 11 is 0. The summed E-state index contributed by atoms with van der Waals surface area (Å²) in [6.45, 7) is 2.45. The van der Waals surface area contributed by atoms with Crippen molar-refractivity contribution in [3.63, 3.8) is 0 Å². The molecule has 0 aromatic heterocycles. The molecule has 5 heteroatoms. The topological polar surface area (TPSA) is 59.0 Å². The van der Waals surface area contributed by atoms with Crippen LogP contribution in [-0.2, 0) is 9.59 Å². The standard InChI is InChI=1S/C22H20N2O3/c1-2-27-18-10-9-13-5-3-4-6-16(13)17(18)12-23-24-21(25)19-14-7-8-15(11-14)20(19)22(24)26/h3-10,12,14-15,19-20H,2,11H2,1H3/b23-12-/t14-,15-,19+,20+/m0/s1. The third kappa shape index (κ3) is 2.34. The number of fused-ring (bicyclic) bond motifs is 6. The summed E-state index contributed by atoms with van der Waals surface area (Å²) in [7, 11) is 0. The lowest BCUT2D eigenvalue weighted by Gasteiger charge is -2.13. The number of nitrogens with zero attached hydrogens (tertiary/aromatic N) is 2. The maximum Gasteiger partial charge on any atom is 0.254 e. The van der Waals surface area contributed by atoms with Crippen molar-refractivity contribution in [2.24, 2.45) is 28.8 Å². The van der Waals surface area contributed by atoms with Crippen molar-refractivity contribution in [3.05, 3.63) is 54.1 Å². The van der Waals surface area contributed by atoms with Gasteiger partial charge < -0.3 is 4.74 Å². The minimum absolute atomic E-state index is 0.170. The lowest BCUT2D eigenvalue weighted by atomic mass is 9.85. The number of ether oxygens (including phenoxy) is 1. The van der Waals surface area contributed by atoms with Crippen molar-refractivity contribution >= 4 is 28.8 Å². The van der Waals surface area contributed by atoms with E-state index in [0.29, 0.717) is 12.4 Å². The Balaban J connectivity index is 1.52. The van der Waals surface area contributed by atoms with Gasteiger partial charge in [-0.25, -0.2) is 0 Å². The Morgan fingerprint density at radius 2 is 1.78 bits per heavy atom. The molecule has 136 valence electrons. The normalized spacial score (nSPS) is 28.7. The van der Waals surface area contributed by atoms with Crippen molar-refractivity contribution in [2.45, 2.75) is 13.3 Å². The monoisotopic (exact) mass is 360 g/mol. The number of allylic oxidation sites excluding steroid dienone is 2. The van der Waals surface area contributed by atoms with Crippen LogP contribution < -0.4 is 4.74 Å². The number of carbonyl (C=O) groups excluding carboxylic acids is 2. The highest BCUT2D eigenvalue weighted by molar-refractivity contribution is 6.08. The second-order valence-corrected chi connectivity index (χ2v) is 7.36. The Labute approximate surface area is 157 Å². The number of rotatable bonds is 4. The number of imide groups is 1. The van der Waals surface area contributed by atoms with Crippen LogP contribution in [0.2, 0.25) is 0 Å². The van der Waals surface area contributed by atoms with Crippen LogP contribution in [0.4, 0.5) is 0 Å². The maximum atomic E-state index is 12.8. The first-order valence-corrected chi connectivity index (χ1v) is 9.43. The predicted molar refractivity (Wildman–Crippen MR) is 102 cm³/mol. The molecular weight excluding hydrogens is 340 g/mol. The molecule has 2 amide bonds. The van der Waals surface area contributed by atoms with Crippen LogP contribution in [-0.4, -0.2) is 29.6 Å². The van der Waals surface area contributed by atoms with Gasteiger partial charge in [-0.15, -0.1) is 0 Å². The van der Waals surface area contributed by atoms with Gasteiger partial charge in [-0.1, -0.05) is 42.5 Å². The van der Waals surface area contributed by atoms with E-state index >= 15 is 0 Å². The molecule has 2 aromatic carbocycles. The molecule has 4 atom stereocenters. The summed E-state index contributed by atoms with van der Waals surface area (Å²) in [6, 6.07) is 11.8. The minimum Gasteiger partial charge on any atom is -0.493 e. The van der Waals surface area contributed by atoms with Gasteiger partial charge in [0.25, 0.3) is 11.8 Å². The maximum absolute atomic E-state index is 12.8. The highest BCUT2D eigenvalue weighted by Gasteiger charge is 2.59. The molecule has 5 rings (SSSR count). The molecule has 5 nitrogen and oxygen atoms in total. The van der Waals surface area contributed by atoms with Crippen molar-refractivity contribution in [1.82, 2.24) is 5.01 Å². The number of hydrogen-bond acceptors (Lipinski definition) is 4. The Bertz CT molecular complexity index is 980. The Hall–Kier alpha value is -2.95. The number of hydrogen-bond donors (Lipinski definition) is 0. The highest BCUT2D eigenvalue weighted by atomic mass is 16.5. The molecule has 3 aliphatic rings. The average Bonchev–Trinajstić information content (AvgIpc) is 3.36. The molecule has 27 heavy (non-hydrogen) atoms. The van der Waals surface area contributed by atoms with Gasteiger partial charge in [-0.3, -0.25) is 9.59 Å². The molecule has 2 aromatic rings. The lowest BCUT2D eigenvalue weighted by molar-refractivity contribution is -0.140. The van der Waals surface area contributed by atoms with E-state index in [2.05, 4.69) is 17.3 Å². The van der Waals surface area contributed by atoms with E-state index < -0.39 is 0 Å². The quantitative estimate of drug-likeness (QED) is 0.477. The zero-order valence-corrected chi connectivity index (χ0v) is 15.0. The summed E-state index contributed by atoms with van der Waals surface area (Å²) in [6.07, 6.45) is 6.69. The first-order chi connectivity index (χ1) is 13.2. The fraction of sp³-hybridized carbons (Fsp3) is 0.318. The van der Waals surface area contributed by atoms with E-state index in [-0.39, 0.29) is 35.5 Å². The molecular formula is C22H20N2O3. The van der Waals surface area contributed by atoms with Gasteiger partial charge in [-0.05, 0) is 42.0 Å². The number of benzene rings is 2. The predicted octanol–water partition coefficient (Wildman–Crippen LogP) is 3.38. The molecule has 1 saturated heterocycles. The fourth-order valence-electron chi connectivity index (χ4n) is 4.81.